The molecule has 1 aliphatic carbocycles. The average molecular weight is 897 g/mol. The SMILES string of the molecule is C=C(NCCCCCn1cc(CNC(=O)O[C@@H]([C@@H]2OC(C(=O)O)=C[C@H](NC(=N)N)[C@H]2NC(C)=O)[C@H](O)CO)nn1)Nc1ccc(-c2c3ccc(=O)cc-3oc3cc(O)ccc23)c(C=O)c1. The van der Waals surface area contributed by atoms with Gasteiger partial charge >= 0.3 is 12.1 Å². The highest BCUT2D eigenvalue weighted by atomic mass is 16.6. The molecule has 342 valence electrons. The highest BCUT2D eigenvalue weighted by molar-refractivity contribution is 6.06. The molecule has 3 heterocycles. The van der Waals surface area contributed by atoms with Crippen LogP contribution < -0.4 is 37.7 Å². The van der Waals surface area contributed by atoms with E-state index in [1.807, 2.05) is 0 Å². The van der Waals surface area contributed by atoms with E-state index < -0.39 is 66.7 Å². The number of hydrogen-bond acceptors (Lipinski definition) is 16. The summed E-state index contributed by atoms with van der Waals surface area (Å²) < 4.78 is 18.5. The highest BCUT2D eigenvalue weighted by Crippen LogP contribution is 2.42. The lowest BCUT2D eigenvalue weighted by atomic mass is 9.91. The Bertz CT molecular complexity index is 2650. The van der Waals surface area contributed by atoms with Crippen LogP contribution in [-0.4, -0.2) is 109 Å². The van der Waals surface area contributed by atoms with Crippen LogP contribution >= 0.6 is 0 Å². The van der Waals surface area contributed by atoms with Gasteiger partial charge in [0, 0.05) is 59.9 Å². The number of nitrogens with two attached hydrogens (primary N) is 1. The first-order chi connectivity index (χ1) is 31.1. The number of phenols is 1. The minimum Gasteiger partial charge on any atom is -0.508 e. The maximum Gasteiger partial charge on any atom is 0.407 e. The molecule has 0 saturated carbocycles. The number of carboxylic acid groups (broad SMARTS) is 1. The number of aliphatic hydroxyl groups is 2. The van der Waals surface area contributed by atoms with Crippen LogP contribution in [0, 0.1) is 5.41 Å². The van der Waals surface area contributed by atoms with Gasteiger partial charge in [-0.15, -0.1) is 5.10 Å². The number of fused-ring (bicyclic) bond motifs is 2. The fourth-order valence-electron chi connectivity index (χ4n) is 7.31. The van der Waals surface area contributed by atoms with E-state index in [-0.39, 0.29) is 17.7 Å². The van der Waals surface area contributed by atoms with Crippen molar-refractivity contribution in [3.05, 3.63) is 107 Å². The Kier molecular flexibility index (Phi) is 15.0. The normalized spacial score (nSPS) is 16.6. The smallest absolute Gasteiger partial charge is 0.407 e. The van der Waals surface area contributed by atoms with Gasteiger partial charge in [0.25, 0.3) is 0 Å². The molecular weight excluding hydrogens is 849 g/mol. The molecule has 0 fully saturated rings. The monoisotopic (exact) mass is 896 g/mol. The van der Waals surface area contributed by atoms with E-state index >= 15 is 0 Å². The third-order valence-electron chi connectivity index (χ3n) is 10.2. The van der Waals surface area contributed by atoms with Crippen LogP contribution in [0.15, 0.2) is 94.2 Å². The Morgan fingerprint density at radius 3 is 2.57 bits per heavy atom. The number of rotatable bonds is 20. The van der Waals surface area contributed by atoms with Crippen LogP contribution in [0.3, 0.4) is 0 Å². The molecule has 0 unspecified atom stereocenters. The molecule has 1 aromatic heterocycles. The van der Waals surface area contributed by atoms with Crippen molar-refractivity contribution in [2.45, 2.75) is 69.7 Å². The molecule has 22 nitrogen and oxygen atoms in total. The van der Waals surface area contributed by atoms with E-state index in [4.69, 9.17) is 25.0 Å². The number of aryl methyl sites for hydroxylation is 1. The summed E-state index contributed by atoms with van der Waals surface area (Å²) in [5.74, 6) is -2.51. The van der Waals surface area contributed by atoms with E-state index in [9.17, 15) is 44.4 Å². The van der Waals surface area contributed by atoms with Gasteiger partial charge in [0.05, 0.1) is 37.3 Å². The number of alkyl carbamates (subject to hydrolysis) is 1. The molecule has 22 heteroatoms. The maximum absolute atomic E-state index is 12.9. The van der Waals surface area contributed by atoms with Gasteiger partial charge in [-0.05, 0) is 67.3 Å². The van der Waals surface area contributed by atoms with Crippen molar-refractivity contribution in [1.82, 2.24) is 36.3 Å². The molecule has 2 amide bonds. The number of anilines is 1. The van der Waals surface area contributed by atoms with Crippen molar-refractivity contribution in [2.24, 2.45) is 5.73 Å². The standard InChI is InChI=1S/C43H48N10O12/c1-22(48-25-6-9-29(24(14-25)20-54)37-30-10-7-27(57)15-34(30)63-35-16-28(58)8-11-31(35)37)46-12-4-3-5-13-53-19-26(51-52-53)18-47-43(62)65-39(33(59)21-55)40-38(49-23(2)56)32(50-42(44)45)17-36(64-40)41(60)61/h6-11,14-17,19-20,32-33,38-40,46,48,55,57,59H,1,3-5,12-13,18,21H2,2H3,(H,47,62)(H,49,56)(H,60,61)(H4,44,45,50)/t32-,33+,38+,39+,40+/m0/s1. The second-order valence-electron chi connectivity index (χ2n) is 15.0. The molecule has 65 heavy (non-hydrogen) atoms. The highest BCUT2D eigenvalue weighted by Gasteiger charge is 2.46. The molecular formula is C43H48N10O12. The summed E-state index contributed by atoms with van der Waals surface area (Å²) in [4.78, 5) is 61.4. The second kappa shape index (κ2) is 20.9. The van der Waals surface area contributed by atoms with E-state index in [0.717, 1.165) is 38.5 Å². The van der Waals surface area contributed by atoms with E-state index in [2.05, 4.69) is 43.5 Å². The number of aromatic hydroxyl groups is 1. The van der Waals surface area contributed by atoms with Crippen LogP contribution in [0.2, 0.25) is 0 Å². The Morgan fingerprint density at radius 1 is 1.06 bits per heavy atom. The number of carboxylic acids is 1. The Balaban J connectivity index is 0.967. The summed E-state index contributed by atoms with van der Waals surface area (Å²) in [5.41, 5.74) is 8.87. The lowest BCUT2D eigenvalue weighted by Crippen LogP contribution is -2.65. The van der Waals surface area contributed by atoms with Crippen LogP contribution in [0.4, 0.5) is 10.5 Å². The number of aliphatic hydroxyl groups excluding tert-OH is 2. The van der Waals surface area contributed by atoms with Crippen LogP contribution in [0.5, 0.6) is 5.75 Å². The lowest BCUT2D eigenvalue weighted by molar-refractivity contribution is -0.146. The van der Waals surface area contributed by atoms with Crippen LogP contribution in [0.25, 0.3) is 33.4 Å². The number of carbonyl (C=O) groups excluding carboxylic acids is 3. The van der Waals surface area contributed by atoms with E-state index in [0.29, 0.717) is 69.3 Å². The quantitative estimate of drug-likeness (QED) is 0.0174. The molecule has 2 aliphatic heterocycles. The fraction of sp³-hybridized carbons (Fsp3) is 0.302. The zero-order valence-electron chi connectivity index (χ0n) is 34.9. The third-order valence-corrected chi connectivity index (χ3v) is 10.2. The molecule has 6 rings (SSSR count). The predicted octanol–water partition coefficient (Wildman–Crippen LogP) is 1.69. The zero-order valence-corrected chi connectivity index (χ0v) is 34.9. The van der Waals surface area contributed by atoms with Crippen molar-refractivity contribution < 1.29 is 53.5 Å². The molecule has 3 aromatic rings. The number of nitrogens with zero attached hydrogens (tertiary/aromatic N) is 3. The minimum absolute atomic E-state index is 0.00691. The number of ether oxygens (including phenoxy) is 2. The molecule has 0 saturated heterocycles. The number of carbonyl (C=O) groups is 4. The van der Waals surface area contributed by atoms with Crippen molar-refractivity contribution in [3.63, 3.8) is 0 Å². The van der Waals surface area contributed by atoms with Gasteiger partial charge in [-0.25, -0.2) is 9.59 Å². The van der Waals surface area contributed by atoms with E-state index in [1.165, 1.54) is 24.3 Å². The van der Waals surface area contributed by atoms with Crippen molar-refractivity contribution in [3.8, 4) is 28.2 Å². The summed E-state index contributed by atoms with van der Waals surface area (Å²) in [6.07, 6.45) is -0.417. The van der Waals surface area contributed by atoms with Crippen molar-refractivity contribution >= 4 is 46.9 Å². The fourth-order valence-corrected chi connectivity index (χ4v) is 7.31. The number of hydrogen-bond donors (Lipinski definition) is 11. The van der Waals surface area contributed by atoms with Gasteiger partial charge in [0.15, 0.2) is 29.9 Å². The topological polar surface area (TPSA) is 339 Å². The number of aldehydes is 1. The number of nitrogens with one attached hydrogen (secondary N) is 6. The summed E-state index contributed by atoms with van der Waals surface area (Å²) >= 11 is 0. The molecule has 0 radical (unpaired) electrons. The Hall–Kier alpha value is -7.98. The van der Waals surface area contributed by atoms with Gasteiger partial charge in [0.1, 0.15) is 28.9 Å². The first-order valence-corrected chi connectivity index (χ1v) is 20.2. The van der Waals surface area contributed by atoms with Gasteiger partial charge in [0.2, 0.25) is 11.7 Å². The van der Waals surface area contributed by atoms with Crippen LogP contribution in [0.1, 0.15) is 42.2 Å². The summed E-state index contributed by atoms with van der Waals surface area (Å²) in [6, 6.07) is 12.1. The number of aromatic nitrogens is 3. The van der Waals surface area contributed by atoms with Gasteiger partial charge in [-0.2, -0.15) is 0 Å². The minimum atomic E-state index is -1.79. The van der Waals surface area contributed by atoms with Gasteiger partial charge < -0.3 is 66.6 Å². The maximum atomic E-state index is 12.9. The second-order valence-corrected chi connectivity index (χ2v) is 15.0. The number of guanidine groups is 1. The molecule has 2 aromatic carbocycles. The summed E-state index contributed by atoms with van der Waals surface area (Å²) in [5, 5.41) is 70.4. The molecule has 0 bridgehead atoms. The van der Waals surface area contributed by atoms with Crippen LogP contribution in [-0.2, 0) is 32.2 Å². The number of amides is 2. The largest absolute Gasteiger partial charge is 0.508 e. The lowest BCUT2D eigenvalue weighted by Gasteiger charge is -2.41. The Morgan fingerprint density at radius 2 is 1.85 bits per heavy atom. The number of aliphatic carboxylic acids is 1. The van der Waals surface area contributed by atoms with Crippen molar-refractivity contribution in [2.75, 3.05) is 18.5 Å². The summed E-state index contributed by atoms with van der Waals surface area (Å²) in [7, 11) is 0. The predicted molar refractivity (Wildman–Crippen MR) is 233 cm³/mol. The Labute approximate surface area is 369 Å². The number of phenolic OH excluding ortho intramolecular Hbond substituents is 1. The average Bonchev–Trinajstić information content (AvgIpc) is 3.72. The number of unbranched alkanes of at least 4 members (excludes halogenated alkanes) is 2. The summed E-state index contributed by atoms with van der Waals surface area (Å²) in [6.45, 7) is 5.23. The van der Waals surface area contributed by atoms with E-state index in [1.54, 1.807) is 41.2 Å². The third kappa shape index (κ3) is 11.7. The molecule has 12 N–H and O–H groups in total. The first kappa shape index (κ1) is 46.5. The molecule has 5 atom stereocenters. The van der Waals surface area contributed by atoms with Gasteiger partial charge in [-0.3, -0.25) is 24.5 Å². The molecule has 0 spiro atoms. The molecule has 3 aliphatic rings. The van der Waals surface area contributed by atoms with Crippen molar-refractivity contribution in [1.29, 1.82) is 5.41 Å². The zero-order chi connectivity index (χ0) is 46.8. The number of benzene rings is 3. The van der Waals surface area contributed by atoms with Gasteiger partial charge in [-0.1, -0.05) is 17.9 Å². The first-order valence-electron chi connectivity index (χ1n) is 20.2.